The van der Waals surface area contributed by atoms with Crippen molar-refractivity contribution in [2.75, 3.05) is 6.61 Å². The normalized spacial score (nSPS) is 25.0. The Hall–Kier alpha value is -3.03. The average molecular weight is 569 g/mol. The molecule has 2 fully saturated rings. The molecular weight excluding hydrogens is 524 g/mol. The van der Waals surface area contributed by atoms with Crippen LogP contribution in [-0.2, 0) is 38.2 Å². The number of unbranched alkanes of at least 4 members (excludes halogenated alkanes) is 12. The van der Waals surface area contributed by atoms with E-state index in [-0.39, 0.29) is 25.4 Å². The summed E-state index contributed by atoms with van der Waals surface area (Å²) in [6.07, 6.45) is 15.9. The molecule has 3 aliphatic rings. The summed E-state index contributed by atoms with van der Waals surface area (Å²) in [5.74, 6) is -6.82. The molecule has 0 N–H and O–H groups in total. The van der Waals surface area contributed by atoms with E-state index in [1.54, 1.807) is 24.3 Å². The van der Waals surface area contributed by atoms with Gasteiger partial charge in [0, 0.05) is 18.3 Å². The smallest absolute Gasteiger partial charge is 0.321 e. The van der Waals surface area contributed by atoms with E-state index >= 15 is 0 Å². The lowest BCUT2D eigenvalue weighted by Crippen LogP contribution is -2.42. The van der Waals surface area contributed by atoms with Crippen LogP contribution in [0.15, 0.2) is 24.3 Å². The summed E-state index contributed by atoms with van der Waals surface area (Å²) in [5.41, 5.74) is 1.30. The summed E-state index contributed by atoms with van der Waals surface area (Å²) in [6.45, 7) is 2.10. The minimum atomic E-state index is -0.893. The van der Waals surface area contributed by atoms with Gasteiger partial charge in [-0.05, 0) is 17.5 Å². The summed E-state index contributed by atoms with van der Waals surface area (Å²) >= 11 is 0. The third-order valence-corrected chi connectivity index (χ3v) is 8.96. The minimum Gasteiger partial charge on any atom is -0.465 e. The Kier molecular flexibility index (Phi) is 11.5. The van der Waals surface area contributed by atoms with E-state index in [1.807, 2.05) is 0 Å². The number of cyclic esters (lactones) is 4. The molecule has 1 aromatic rings. The molecule has 1 aromatic carbocycles. The topological polar surface area (TPSA) is 113 Å². The van der Waals surface area contributed by atoms with Crippen molar-refractivity contribution in [3.8, 4) is 0 Å². The second kappa shape index (κ2) is 15.3. The molecule has 8 nitrogen and oxygen atoms in total. The third-order valence-electron chi connectivity index (χ3n) is 8.96. The number of benzene rings is 1. The Bertz CT molecular complexity index is 1090. The minimum absolute atomic E-state index is 0.123. The number of hydrogen-bond acceptors (Lipinski definition) is 8. The lowest BCUT2D eigenvalue weighted by atomic mass is 9.61. The van der Waals surface area contributed by atoms with Crippen LogP contribution in [0.3, 0.4) is 0 Å². The zero-order chi connectivity index (χ0) is 29.2. The third kappa shape index (κ3) is 7.83. The van der Waals surface area contributed by atoms with Crippen LogP contribution in [0.25, 0.3) is 0 Å². The highest BCUT2D eigenvalue weighted by Gasteiger charge is 2.59. The summed E-state index contributed by atoms with van der Waals surface area (Å²) in [7, 11) is 0. The Morgan fingerprint density at radius 3 is 1.90 bits per heavy atom. The predicted molar refractivity (Wildman–Crippen MR) is 150 cm³/mol. The van der Waals surface area contributed by atoms with Crippen LogP contribution in [0.2, 0.25) is 0 Å². The van der Waals surface area contributed by atoms with Crippen molar-refractivity contribution in [3.63, 3.8) is 0 Å². The van der Waals surface area contributed by atoms with Gasteiger partial charge in [0.1, 0.15) is 0 Å². The predicted octanol–water partition coefficient (Wildman–Crippen LogP) is 6.30. The van der Waals surface area contributed by atoms with Crippen molar-refractivity contribution in [2.24, 2.45) is 17.8 Å². The van der Waals surface area contributed by atoms with Crippen molar-refractivity contribution >= 4 is 29.8 Å². The number of carbonyl (C=O) groups excluding carboxylic acids is 5. The van der Waals surface area contributed by atoms with E-state index in [9.17, 15) is 24.0 Å². The molecule has 0 radical (unpaired) electrons. The molecule has 1 aliphatic carbocycles. The Balaban J connectivity index is 1.25. The summed E-state index contributed by atoms with van der Waals surface area (Å²) < 4.78 is 15.5. The van der Waals surface area contributed by atoms with Gasteiger partial charge >= 0.3 is 29.8 Å². The molecule has 4 rings (SSSR count). The maximum absolute atomic E-state index is 12.8. The molecule has 8 heteroatoms. The van der Waals surface area contributed by atoms with Gasteiger partial charge in [-0.2, -0.15) is 0 Å². The quantitative estimate of drug-likeness (QED) is 0.0931. The molecule has 5 unspecified atom stereocenters. The first kappa shape index (κ1) is 30.9. The largest absolute Gasteiger partial charge is 0.465 e. The van der Waals surface area contributed by atoms with E-state index in [0.717, 1.165) is 19.3 Å². The molecule has 2 saturated heterocycles. The zero-order valence-corrected chi connectivity index (χ0v) is 24.3. The number of rotatable bonds is 17. The van der Waals surface area contributed by atoms with E-state index < -0.39 is 53.5 Å². The molecule has 41 heavy (non-hydrogen) atoms. The molecule has 5 atom stereocenters. The molecule has 0 bridgehead atoms. The zero-order valence-electron chi connectivity index (χ0n) is 24.3. The first-order chi connectivity index (χ1) is 19.9. The maximum Gasteiger partial charge on any atom is 0.321 e. The Morgan fingerprint density at radius 2 is 1.32 bits per heavy atom. The van der Waals surface area contributed by atoms with Crippen molar-refractivity contribution in [1.82, 2.24) is 0 Å². The lowest BCUT2D eigenvalue weighted by molar-refractivity contribution is -0.157. The first-order valence-corrected chi connectivity index (χ1v) is 15.7. The first-order valence-electron chi connectivity index (χ1n) is 15.7. The van der Waals surface area contributed by atoms with Crippen LogP contribution in [0.4, 0.5) is 0 Å². The molecule has 224 valence electrons. The molecule has 0 spiro atoms. The molecule has 2 heterocycles. The monoisotopic (exact) mass is 568 g/mol. The number of ether oxygens (including phenoxy) is 3. The lowest BCUT2D eigenvalue weighted by Gasteiger charge is -2.39. The highest BCUT2D eigenvalue weighted by Crippen LogP contribution is 2.54. The standard InChI is InChI=1S/C33H44O8/c1-2-3-4-5-6-7-8-9-10-11-12-13-14-19-26(34)39-21-25-28(24-20-27(35)40-31(24)36)22-17-15-16-18-23(22)29-30(25)33(38)41-32(29)37/h15-18,24-25,28-30H,2-14,19-21H2,1H3. The second-order valence-corrected chi connectivity index (χ2v) is 11.8. The van der Waals surface area contributed by atoms with Gasteiger partial charge in [-0.3, -0.25) is 24.0 Å². The van der Waals surface area contributed by atoms with Crippen molar-refractivity contribution in [2.45, 2.75) is 115 Å². The molecule has 2 aliphatic heterocycles. The molecule has 0 amide bonds. The van der Waals surface area contributed by atoms with Crippen LogP contribution in [0.1, 0.15) is 126 Å². The molecule has 0 aromatic heterocycles. The summed E-state index contributed by atoms with van der Waals surface area (Å²) in [4.78, 5) is 62.8. The van der Waals surface area contributed by atoms with Gasteiger partial charge in [0.2, 0.25) is 0 Å². The summed E-state index contributed by atoms with van der Waals surface area (Å²) in [5, 5.41) is 0. The number of esters is 5. The van der Waals surface area contributed by atoms with E-state index in [0.29, 0.717) is 11.1 Å². The van der Waals surface area contributed by atoms with Gasteiger partial charge in [0.15, 0.2) is 0 Å². The molecular formula is C33H44O8. The maximum atomic E-state index is 12.8. The van der Waals surface area contributed by atoms with E-state index in [4.69, 9.17) is 14.2 Å². The van der Waals surface area contributed by atoms with Crippen molar-refractivity contribution in [1.29, 1.82) is 0 Å². The van der Waals surface area contributed by atoms with Gasteiger partial charge in [-0.25, -0.2) is 0 Å². The molecule has 0 saturated carbocycles. The van der Waals surface area contributed by atoms with Gasteiger partial charge < -0.3 is 14.2 Å². The fourth-order valence-electron chi connectivity index (χ4n) is 6.84. The average Bonchev–Trinajstić information content (AvgIpc) is 3.45. The fraction of sp³-hybridized carbons (Fsp3) is 0.667. The van der Waals surface area contributed by atoms with Crippen LogP contribution in [0.5, 0.6) is 0 Å². The van der Waals surface area contributed by atoms with Crippen LogP contribution in [0, 0.1) is 17.8 Å². The van der Waals surface area contributed by atoms with Gasteiger partial charge in [0.05, 0.1) is 30.8 Å². The second-order valence-electron chi connectivity index (χ2n) is 11.8. The van der Waals surface area contributed by atoms with Crippen molar-refractivity contribution < 1.29 is 38.2 Å². The highest BCUT2D eigenvalue weighted by atomic mass is 16.6. The SMILES string of the molecule is CCCCCCCCCCCCCCCC(=O)OCC1C2C(=O)OC(=O)C2c2ccccc2C1C1CC(=O)OC1=O. The van der Waals surface area contributed by atoms with Crippen LogP contribution >= 0.6 is 0 Å². The number of fused-ring (bicyclic) bond motifs is 3. The van der Waals surface area contributed by atoms with Gasteiger partial charge in [-0.15, -0.1) is 0 Å². The Labute approximate surface area is 242 Å². The summed E-state index contributed by atoms with van der Waals surface area (Å²) in [6, 6.07) is 7.09. The highest BCUT2D eigenvalue weighted by molar-refractivity contribution is 6.01. The fourth-order valence-corrected chi connectivity index (χ4v) is 6.84. The van der Waals surface area contributed by atoms with E-state index in [1.165, 1.54) is 64.2 Å². The van der Waals surface area contributed by atoms with Crippen LogP contribution < -0.4 is 0 Å². The van der Waals surface area contributed by atoms with Crippen LogP contribution in [-0.4, -0.2) is 36.5 Å². The number of hydrogen-bond donors (Lipinski definition) is 0. The Morgan fingerprint density at radius 1 is 0.732 bits per heavy atom. The van der Waals surface area contributed by atoms with Gasteiger partial charge in [0.25, 0.3) is 0 Å². The van der Waals surface area contributed by atoms with E-state index in [2.05, 4.69) is 6.92 Å². The van der Waals surface area contributed by atoms with Crippen molar-refractivity contribution in [3.05, 3.63) is 35.4 Å². The van der Waals surface area contributed by atoms with Gasteiger partial charge in [-0.1, -0.05) is 108 Å². The number of carbonyl (C=O) groups is 5.